The van der Waals surface area contributed by atoms with E-state index in [9.17, 15) is 10.1 Å². The minimum atomic E-state index is -0.426. The molecule has 0 amide bonds. The zero-order valence-corrected chi connectivity index (χ0v) is 8.51. The molecule has 1 rings (SSSR count). The van der Waals surface area contributed by atoms with Crippen LogP contribution in [0.25, 0.3) is 0 Å². The molecular weight excluding hydrogens is 194 g/mol. The molecular formula is C10H13N3O2. The number of hydrogen-bond donors (Lipinski definition) is 1. The van der Waals surface area contributed by atoms with Gasteiger partial charge in [-0.2, -0.15) is 5.10 Å². The van der Waals surface area contributed by atoms with Gasteiger partial charge in [-0.15, -0.1) is 0 Å². The molecule has 0 aliphatic carbocycles. The number of unbranched alkanes of at least 4 members (excludes halogenated alkanes) is 1. The standard InChI is InChI=1S/C10H13N3O2/c1-2-3-8-11-12-9-4-6-10(7-5-9)13(14)15/h4-8,12H,2-3H2,1H3/b11-8-. The molecule has 1 aromatic rings. The third-order valence-electron chi connectivity index (χ3n) is 1.78. The van der Waals surface area contributed by atoms with E-state index in [-0.39, 0.29) is 5.69 Å². The van der Waals surface area contributed by atoms with Crippen LogP contribution in [0, 0.1) is 10.1 Å². The molecule has 0 unspecified atom stereocenters. The molecule has 80 valence electrons. The Balaban J connectivity index is 2.53. The van der Waals surface area contributed by atoms with Crippen LogP contribution in [-0.4, -0.2) is 11.1 Å². The van der Waals surface area contributed by atoms with Gasteiger partial charge in [0.2, 0.25) is 0 Å². The summed E-state index contributed by atoms with van der Waals surface area (Å²) < 4.78 is 0. The first kappa shape index (κ1) is 11.2. The van der Waals surface area contributed by atoms with Crippen molar-refractivity contribution in [3.63, 3.8) is 0 Å². The maximum atomic E-state index is 10.4. The van der Waals surface area contributed by atoms with Crippen molar-refractivity contribution in [2.24, 2.45) is 5.10 Å². The summed E-state index contributed by atoms with van der Waals surface area (Å²) in [6, 6.07) is 6.14. The van der Waals surface area contributed by atoms with E-state index in [1.807, 2.05) is 0 Å². The Morgan fingerprint density at radius 2 is 2.13 bits per heavy atom. The number of rotatable bonds is 5. The van der Waals surface area contributed by atoms with Gasteiger partial charge in [0.05, 0.1) is 10.6 Å². The molecule has 0 aliphatic heterocycles. The number of anilines is 1. The molecule has 5 nitrogen and oxygen atoms in total. The molecule has 1 N–H and O–H groups in total. The molecule has 0 spiro atoms. The number of non-ortho nitro benzene ring substituents is 1. The average Bonchev–Trinajstić information content (AvgIpc) is 2.25. The van der Waals surface area contributed by atoms with Crippen molar-refractivity contribution in [3.05, 3.63) is 34.4 Å². The molecule has 0 bridgehead atoms. The minimum absolute atomic E-state index is 0.0816. The molecule has 0 saturated carbocycles. The summed E-state index contributed by atoms with van der Waals surface area (Å²) in [7, 11) is 0. The van der Waals surface area contributed by atoms with Crippen molar-refractivity contribution in [1.29, 1.82) is 0 Å². The molecule has 0 aliphatic rings. The molecule has 0 atom stereocenters. The van der Waals surface area contributed by atoms with Crippen molar-refractivity contribution in [2.75, 3.05) is 5.43 Å². The fourth-order valence-corrected chi connectivity index (χ4v) is 0.972. The predicted molar refractivity (Wildman–Crippen MR) is 60.1 cm³/mol. The molecule has 0 saturated heterocycles. The number of hydrazone groups is 1. The molecule has 0 fully saturated rings. The van der Waals surface area contributed by atoms with Gasteiger partial charge >= 0.3 is 0 Å². The van der Waals surface area contributed by atoms with Crippen molar-refractivity contribution in [1.82, 2.24) is 0 Å². The third-order valence-corrected chi connectivity index (χ3v) is 1.78. The maximum absolute atomic E-state index is 10.4. The highest BCUT2D eigenvalue weighted by Gasteiger charge is 2.02. The lowest BCUT2D eigenvalue weighted by Crippen LogP contribution is -1.91. The normalized spacial score (nSPS) is 10.5. The van der Waals surface area contributed by atoms with Gasteiger partial charge in [0.15, 0.2) is 0 Å². The monoisotopic (exact) mass is 207 g/mol. The summed E-state index contributed by atoms with van der Waals surface area (Å²) in [5.74, 6) is 0. The molecule has 1 aromatic carbocycles. The summed E-state index contributed by atoms with van der Waals surface area (Å²) in [5.41, 5.74) is 3.62. The van der Waals surface area contributed by atoms with Gasteiger partial charge in [-0.3, -0.25) is 15.5 Å². The van der Waals surface area contributed by atoms with Gasteiger partial charge < -0.3 is 0 Å². The van der Waals surface area contributed by atoms with E-state index in [0.717, 1.165) is 18.5 Å². The summed E-state index contributed by atoms with van der Waals surface area (Å²) in [6.07, 6.45) is 3.74. The second-order valence-corrected chi connectivity index (χ2v) is 3.02. The highest BCUT2D eigenvalue weighted by molar-refractivity contribution is 5.59. The van der Waals surface area contributed by atoms with Crippen LogP contribution in [0.2, 0.25) is 0 Å². The van der Waals surface area contributed by atoms with Crippen LogP contribution in [0.15, 0.2) is 29.4 Å². The predicted octanol–water partition coefficient (Wildman–Crippen LogP) is 2.79. The molecule has 15 heavy (non-hydrogen) atoms. The number of hydrogen-bond acceptors (Lipinski definition) is 4. The smallest absolute Gasteiger partial charge is 0.269 e. The van der Waals surface area contributed by atoms with Gasteiger partial charge in [-0.1, -0.05) is 13.3 Å². The zero-order valence-electron chi connectivity index (χ0n) is 8.51. The van der Waals surface area contributed by atoms with Gasteiger partial charge in [0.1, 0.15) is 0 Å². The quantitative estimate of drug-likeness (QED) is 0.458. The molecule has 0 radical (unpaired) electrons. The average molecular weight is 207 g/mol. The van der Waals surface area contributed by atoms with Gasteiger partial charge in [-0.25, -0.2) is 0 Å². The van der Waals surface area contributed by atoms with E-state index in [2.05, 4.69) is 17.5 Å². The summed E-state index contributed by atoms with van der Waals surface area (Å²) >= 11 is 0. The van der Waals surface area contributed by atoms with Crippen LogP contribution in [0.3, 0.4) is 0 Å². The van der Waals surface area contributed by atoms with E-state index in [0.29, 0.717) is 0 Å². The van der Waals surface area contributed by atoms with Crippen LogP contribution in [0.4, 0.5) is 11.4 Å². The molecule has 0 aromatic heterocycles. The van der Waals surface area contributed by atoms with Crippen LogP contribution >= 0.6 is 0 Å². The summed E-state index contributed by atoms with van der Waals surface area (Å²) in [4.78, 5) is 9.94. The lowest BCUT2D eigenvalue weighted by Gasteiger charge is -1.98. The van der Waals surface area contributed by atoms with Gasteiger partial charge in [0, 0.05) is 18.3 Å². The van der Waals surface area contributed by atoms with Crippen LogP contribution in [0.5, 0.6) is 0 Å². The summed E-state index contributed by atoms with van der Waals surface area (Å²) in [6.45, 7) is 2.07. The first-order valence-electron chi connectivity index (χ1n) is 4.76. The van der Waals surface area contributed by atoms with E-state index >= 15 is 0 Å². The van der Waals surface area contributed by atoms with Gasteiger partial charge in [-0.05, 0) is 18.6 Å². The van der Waals surface area contributed by atoms with Crippen LogP contribution < -0.4 is 5.43 Å². The molecule has 0 heterocycles. The maximum Gasteiger partial charge on any atom is 0.269 e. The molecule has 5 heteroatoms. The fourth-order valence-electron chi connectivity index (χ4n) is 0.972. The minimum Gasteiger partial charge on any atom is -0.279 e. The zero-order chi connectivity index (χ0) is 11.1. The van der Waals surface area contributed by atoms with Crippen molar-refractivity contribution in [3.8, 4) is 0 Å². The van der Waals surface area contributed by atoms with E-state index in [1.54, 1.807) is 18.3 Å². The topological polar surface area (TPSA) is 67.5 Å². The first-order valence-corrected chi connectivity index (χ1v) is 4.76. The number of nitrogens with one attached hydrogen (secondary N) is 1. The van der Waals surface area contributed by atoms with E-state index < -0.39 is 4.92 Å². The Kier molecular flexibility index (Phi) is 4.28. The highest BCUT2D eigenvalue weighted by Crippen LogP contribution is 2.14. The number of nitrogens with zero attached hydrogens (tertiary/aromatic N) is 2. The van der Waals surface area contributed by atoms with E-state index in [1.165, 1.54) is 12.1 Å². The first-order chi connectivity index (χ1) is 7.24. The SMILES string of the molecule is CCC/C=N\Nc1ccc([N+](=O)[O-])cc1. The summed E-state index contributed by atoms with van der Waals surface area (Å²) in [5, 5.41) is 14.3. The van der Waals surface area contributed by atoms with Crippen molar-refractivity contribution in [2.45, 2.75) is 19.8 Å². The number of nitro groups is 1. The largest absolute Gasteiger partial charge is 0.279 e. The fraction of sp³-hybridized carbons (Fsp3) is 0.300. The number of benzene rings is 1. The van der Waals surface area contributed by atoms with E-state index in [4.69, 9.17) is 0 Å². The Morgan fingerprint density at radius 3 is 2.67 bits per heavy atom. The van der Waals surface area contributed by atoms with Crippen LogP contribution in [0.1, 0.15) is 19.8 Å². The Hall–Kier alpha value is -1.91. The lowest BCUT2D eigenvalue weighted by molar-refractivity contribution is -0.384. The lowest BCUT2D eigenvalue weighted by atomic mass is 10.3. The second kappa shape index (κ2) is 5.74. The third kappa shape index (κ3) is 3.76. The Labute approximate surface area is 88.0 Å². The highest BCUT2D eigenvalue weighted by atomic mass is 16.6. The number of nitro benzene ring substituents is 1. The Bertz CT molecular complexity index is 346. The Morgan fingerprint density at radius 1 is 1.47 bits per heavy atom. The van der Waals surface area contributed by atoms with Crippen LogP contribution in [-0.2, 0) is 0 Å². The van der Waals surface area contributed by atoms with Crippen molar-refractivity contribution >= 4 is 17.6 Å². The van der Waals surface area contributed by atoms with Crippen molar-refractivity contribution < 1.29 is 4.92 Å². The second-order valence-electron chi connectivity index (χ2n) is 3.02. The van der Waals surface area contributed by atoms with Gasteiger partial charge in [0.25, 0.3) is 5.69 Å².